The molecule has 1 N–H and O–H groups in total. The smallest absolute Gasteiger partial charge is 0.141 e. The van der Waals surface area contributed by atoms with Crippen LogP contribution in [0.3, 0.4) is 0 Å². The Balaban J connectivity index is 2.16. The second-order valence-corrected chi connectivity index (χ2v) is 11.1. The van der Waals surface area contributed by atoms with Crippen molar-refractivity contribution in [3.8, 4) is 5.75 Å². The summed E-state index contributed by atoms with van der Waals surface area (Å²) in [7, 11) is -0.910. The van der Waals surface area contributed by atoms with Crippen molar-refractivity contribution < 1.29 is 9.30 Å². The number of benzene rings is 2. The molecule has 0 aliphatic rings. The maximum atomic E-state index is 12.6. The lowest BCUT2D eigenvalue weighted by Gasteiger charge is -2.15. The number of rotatable bonds is 4. The lowest BCUT2D eigenvalue weighted by Crippen LogP contribution is -2.09. The Labute approximate surface area is 175 Å². The molecule has 0 aliphatic heterocycles. The van der Waals surface area contributed by atoms with E-state index >= 15 is 0 Å². The molecule has 3 rings (SSSR count). The van der Waals surface area contributed by atoms with Crippen molar-refractivity contribution in [2.24, 2.45) is 0 Å². The number of aromatic nitrogens is 2. The summed E-state index contributed by atoms with van der Waals surface area (Å²) in [5, 5.41) is 5.61. The van der Waals surface area contributed by atoms with Gasteiger partial charge in [0.05, 0.1) is 28.4 Å². The molecule has 26 heavy (non-hydrogen) atoms. The molecule has 0 aliphatic carbocycles. The number of nitrogens with zero attached hydrogens (tertiary/aromatic N) is 2. The number of halogens is 3. The van der Waals surface area contributed by atoms with E-state index in [4.69, 9.17) is 27.9 Å². The minimum Gasteiger partial charge on any atom is -0.495 e. The number of hydrogen-bond acceptors (Lipinski definition) is 5. The lowest BCUT2D eigenvalue weighted by molar-refractivity contribution is 0.415. The third kappa shape index (κ3) is 3.93. The predicted molar refractivity (Wildman–Crippen MR) is 118 cm³/mol. The third-order valence-corrected chi connectivity index (χ3v) is 7.24. The van der Waals surface area contributed by atoms with Gasteiger partial charge in [-0.25, -0.2) is 9.97 Å². The second kappa shape index (κ2) is 7.50. The van der Waals surface area contributed by atoms with E-state index in [9.17, 15) is 4.57 Å². The maximum absolute atomic E-state index is 12.6. The minimum atomic E-state index is -2.45. The Morgan fingerprint density at radius 3 is 2.50 bits per heavy atom. The maximum Gasteiger partial charge on any atom is 0.141 e. The highest BCUT2D eigenvalue weighted by Gasteiger charge is 2.18. The Morgan fingerprint density at radius 2 is 1.85 bits per heavy atom. The lowest BCUT2D eigenvalue weighted by atomic mass is 10.2. The number of fused-ring (bicyclic) bond motifs is 1. The minimum absolute atomic E-state index is 0.422. The molecular weight excluding hydrogens is 507 g/mol. The molecule has 0 radical (unpaired) electrons. The first kappa shape index (κ1) is 19.7. The van der Waals surface area contributed by atoms with Gasteiger partial charge in [0.2, 0.25) is 0 Å². The van der Waals surface area contributed by atoms with Crippen LogP contribution in [0.5, 0.6) is 5.75 Å². The van der Waals surface area contributed by atoms with Gasteiger partial charge in [-0.2, -0.15) is 0 Å². The number of nitrogens with one attached hydrogen (secondary N) is 1. The molecule has 1 heterocycles. The fourth-order valence-corrected chi connectivity index (χ4v) is 6.21. The normalized spacial score (nSPS) is 11.6. The van der Waals surface area contributed by atoms with Gasteiger partial charge in [0, 0.05) is 20.3 Å². The van der Waals surface area contributed by atoms with Gasteiger partial charge in [0.15, 0.2) is 0 Å². The van der Waals surface area contributed by atoms with Crippen LogP contribution in [0.1, 0.15) is 0 Å². The summed E-state index contributed by atoms with van der Waals surface area (Å²) in [6, 6.07) is 7.09. The van der Waals surface area contributed by atoms with Crippen LogP contribution in [0, 0.1) is 3.57 Å². The van der Waals surface area contributed by atoms with Gasteiger partial charge < -0.3 is 14.6 Å². The predicted octanol–water partition coefficient (Wildman–Crippen LogP) is 5.54. The van der Waals surface area contributed by atoms with Crippen LogP contribution in [0.2, 0.25) is 10.0 Å². The number of anilines is 2. The van der Waals surface area contributed by atoms with E-state index in [1.54, 1.807) is 25.5 Å². The first-order valence-corrected chi connectivity index (χ1v) is 11.9. The van der Waals surface area contributed by atoms with E-state index in [-0.39, 0.29) is 0 Å². The first-order chi connectivity index (χ1) is 12.2. The average Bonchev–Trinajstić information content (AvgIpc) is 2.55. The largest absolute Gasteiger partial charge is 0.495 e. The molecule has 0 spiro atoms. The molecule has 0 amide bonds. The highest BCUT2D eigenvalue weighted by Crippen LogP contribution is 2.39. The number of ether oxygens (including phenoxy) is 1. The van der Waals surface area contributed by atoms with Crippen molar-refractivity contribution in [3.63, 3.8) is 0 Å². The molecule has 0 unspecified atom stereocenters. The summed E-state index contributed by atoms with van der Waals surface area (Å²) in [5.74, 6) is 1.06. The van der Waals surface area contributed by atoms with Crippen LogP contribution in [-0.4, -0.2) is 30.4 Å². The van der Waals surface area contributed by atoms with Crippen LogP contribution >= 0.6 is 52.9 Å². The average molecular weight is 522 g/mol. The summed E-state index contributed by atoms with van der Waals surface area (Å²) in [6.07, 6.45) is 1.47. The van der Waals surface area contributed by atoms with Crippen molar-refractivity contribution in [2.75, 3.05) is 25.8 Å². The molecule has 0 fully saturated rings. The second-order valence-electron chi connectivity index (χ2n) is 5.99. The van der Waals surface area contributed by atoms with Gasteiger partial charge in [-0.05, 0) is 54.1 Å². The quantitative estimate of drug-likeness (QED) is 0.360. The van der Waals surface area contributed by atoms with Crippen molar-refractivity contribution >= 4 is 80.6 Å². The zero-order chi connectivity index (χ0) is 19.1. The molecule has 0 saturated carbocycles. The summed E-state index contributed by atoms with van der Waals surface area (Å²) in [5.41, 5.74) is 1.35. The SMILES string of the molecule is COc1cc(Nc2ncnc3cc(I)c(P(C)(C)=O)cc23)c(Cl)cc1Cl. The highest BCUT2D eigenvalue weighted by molar-refractivity contribution is 14.1. The Morgan fingerprint density at radius 1 is 1.12 bits per heavy atom. The van der Waals surface area contributed by atoms with Crippen LogP contribution in [0.15, 0.2) is 30.6 Å². The number of hydrogen-bond donors (Lipinski definition) is 1. The van der Waals surface area contributed by atoms with Gasteiger partial charge in [0.25, 0.3) is 0 Å². The van der Waals surface area contributed by atoms with Gasteiger partial charge in [-0.15, -0.1) is 0 Å². The summed E-state index contributed by atoms with van der Waals surface area (Å²) < 4.78 is 18.8. The van der Waals surface area contributed by atoms with E-state index in [0.717, 1.165) is 19.8 Å². The fraction of sp³-hybridized carbons (Fsp3) is 0.176. The Hall–Kier alpha value is -1.08. The van der Waals surface area contributed by atoms with Gasteiger partial charge in [0.1, 0.15) is 25.0 Å². The van der Waals surface area contributed by atoms with Gasteiger partial charge in [-0.3, -0.25) is 0 Å². The van der Waals surface area contributed by atoms with Crippen LogP contribution in [0.25, 0.3) is 10.9 Å². The summed E-state index contributed by atoms with van der Waals surface area (Å²) in [6.45, 7) is 3.49. The van der Waals surface area contributed by atoms with Gasteiger partial charge in [-0.1, -0.05) is 23.2 Å². The van der Waals surface area contributed by atoms with Crippen molar-refractivity contribution in [3.05, 3.63) is 44.2 Å². The van der Waals surface area contributed by atoms with E-state index in [1.165, 1.54) is 13.4 Å². The molecule has 5 nitrogen and oxygen atoms in total. The molecule has 9 heteroatoms. The molecular formula is C17H15Cl2IN3O2P. The Kier molecular flexibility index (Phi) is 5.68. The van der Waals surface area contributed by atoms with Crippen LogP contribution in [-0.2, 0) is 4.57 Å². The van der Waals surface area contributed by atoms with E-state index in [0.29, 0.717) is 27.3 Å². The zero-order valence-corrected chi connectivity index (χ0v) is 18.7. The molecule has 2 aromatic carbocycles. The van der Waals surface area contributed by atoms with E-state index in [1.807, 2.05) is 12.1 Å². The van der Waals surface area contributed by atoms with E-state index < -0.39 is 7.14 Å². The number of methoxy groups -OCH3 is 1. The summed E-state index contributed by atoms with van der Waals surface area (Å²) in [4.78, 5) is 8.64. The van der Waals surface area contributed by atoms with Crippen molar-refractivity contribution in [1.29, 1.82) is 0 Å². The monoisotopic (exact) mass is 521 g/mol. The fourth-order valence-electron chi connectivity index (χ4n) is 2.49. The molecule has 0 saturated heterocycles. The first-order valence-electron chi connectivity index (χ1n) is 7.50. The van der Waals surface area contributed by atoms with Crippen molar-refractivity contribution in [1.82, 2.24) is 9.97 Å². The standard InChI is InChI=1S/C17H15Cl2IN3O2P/c1-25-15-7-14(10(18)5-11(15)19)23-17-9-4-16(26(2,3)24)12(20)6-13(9)21-8-22-17/h4-8H,1-3H3,(H,21,22,23). The Bertz CT molecular complexity index is 1060. The molecule has 0 atom stereocenters. The summed E-state index contributed by atoms with van der Waals surface area (Å²) >= 11 is 14.6. The molecule has 3 aromatic rings. The van der Waals surface area contributed by atoms with Crippen LogP contribution < -0.4 is 15.4 Å². The zero-order valence-electron chi connectivity index (χ0n) is 14.2. The van der Waals surface area contributed by atoms with Crippen LogP contribution in [0.4, 0.5) is 11.5 Å². The molecule has 1 aromatic heterocycles. The third-order valence-electron chi connectivity index (χ3n) is 3.78. The highest BCUT2D eigenvalue weighted by atomic mass is 127. The molecule has 0 bridgehead atoms. The van der Waals surface area contributed by atoms with Crippen molar-refractivity contribution in [2.45, 2.75) is 0 Å². The van der Waals surface area contributed by atoms with Gasteiger partial charge >= 0.3 is 0 Å². The van der Waals surface area contributed by atoms with E-state index in [2.05, 4.69) is 37.9 Å². The molecule has 136 valence electrons. The topological polar surface area (TPSA) is 64.1 Å².